The lowest BCUT2D eigenvalue weighted by Crippen LogP contribution is -2.14. The summed E-state index contributed by atoms with van der Waals surface area (Å²) in [7, 11) is 0. The second-order valence-corrected chi connectivity index (χ2v) is 4.29. The van der Waals surface area contributed by atoms with Gasteiger partial charge in [0.2, 0.25) is 0 Å². The molecule has 4 nitrogen and oxygen atoms in total. The number of hydrogen-bond donors (Lipinski definition) is 2. The molecule has 0 saturated heterocycles. The molecule has 0 saturated carbocycles. The van der Waals surface area contributed by atoms with Crippen molar-refractivity contribution < 1.29 is 4.79 Å². The predicted octanol–water partition coefficient (Wildman–Crippen LogP) is 2.88. The average Bonchev–Trinajstić information content (AvgIpc) is 2.34. The van der Waals surface area contributed by atoms with Crippen molar-refractivity contribution in [2.24, 2.45) is 0 Å². The minimum absolute atomic E-state index is 0.305. The van der Waals surface area contributed by atoms with Crippen LogP contribution >= 0.6 is 11.6 Å². The van der Waals surface area contributed by atoms with Crippen molar-refractivity contribution in [3.8, 4) is 0 Å². The number of carbonyl (C=O) groups excluding carboxylic acids is 1. The van der Waals surface area contributed by atoms with Crippen LogP contribution in [0.4, 0.5) is 11.4 Å². The molecule has 0 aliphatic rings. The third-order valence-corrected chi connectivity index (χ3v) is 2.94. The predicted molar refractivity (Wildman–Crippen MR) is 72.8 cm³/mol. The van der Waals surface area contributed by atoms with Gasteiger partial charge in [0.15, 0.2) is 0 Å². The monoisotopic (exact) mass is 261 g/mol. The first kappa shape index (κ1) is 12.4. The molecule has 1 heterocycles. The first-order valence-electron chi connectivity index (χ1n) is 5.35. The Morgan fingerprint density at radius 3 is 2.83 bits per heavy atom. The van der Waals surface area contributed by atoms with Crippen molar-refractivity contribution in [2.75, 3.05) is 11.1 Å². The third-order valence-electron chi connectivity index (χ3n) is 2.53. The van der Waals surface area contributed by atoms with E-state index in [0.717, 1.165) is 5.56 Å². The zero-order valence-corrected chi connectivity index (χ0v) is 10.5. The van der Waals surface area contributed by atoms with Crippen LogP contribution in [0.25, 0.3) is 0 Å². The van der Waals surface area contributed by atoms with Crippen LogP contribution in [-0.4, -0.2) is 10.9 Å². The lowest BCUT2D eigenvalue weighted by molar-refractivity contribution is 0.102. The molecule has 0 fully saturated rings. The van der Waals surface area contributed by atoms with Gasteiger partial charge in [-0.15, -0.1) is 0 Å². The number of nitrogens with one attached hydrogen (secondary N) is 1. The van der Waals surface area contributed by atoms with Gasteiger partial charge in [-0.1, -0.05) is 17.7 Å². The molecule has 1 aromatic carbocycles. The number of nitrogen functional groups attached to an aromatic ring is 1. The minimum Gasteiger partial charge on any atom is -0.398 e. The van der Waals surface area contributed by atoms with Crippen molar-refractivity contribution in [3.63, 3.8) is 0 Å². The maximum atomic E-state index is 12.0. The lowest BCUT2D eigenvalue weighted by Gasteiger charge is -2.08. The van der Waals surface area contributed by atoms with Crippen molar-refractivity contribution >= 4 is 28.9 Å². The highest BCUT2D eigenvalue weighted by molar-refractivity contribution is 6.31. The van der Waals surface area contributed by atoms with Gasteiger partial charge in [0.25, 0.3) is 5.91 Å². The van der Waals surface area contributed by atoms with E-state index in [1.165, 1.54) is 12.4 Å². The van der Waals surface area contributed by atoms with Crippen molar-refractivity contribution in [2.45, 2.75) is 6.92 Å². The van der Waals surface area contributed by atoms with Gasteiger partial charge in [-0.05, 0) is 30.7 Å². The number of halogens is 1. The normalized spacial score (nSPS) is 10.1. The second kappa shape index (κ2) is 5.06. The first-order valence-corrected chi connectivity index (χ1v) is 5.72. The zero-order valence-electron chi connectivity index (χ0n) is 9.77. The van der Waals surface area contributed by atoms with Gasteiger partial charge in [0.05, 0.1) is 5.56 Å². The average molecular weight is 262 g/mol. The number of carbonyl (C=O) groups is 1. The molecule has 1 aromatic heterocycles. The molecule has 5 heteroatoms. The molecule has 0 unspecified atom stereocenters. The summed E-state index contributed by atoms with van der Waals surface area (Å²) in [6, 6.07) is 6.90. The van der Waals surface area contributed by atoms with Crippen LogP contribution < -0.4 is 11.1 Å². The quantitative estimate of drug-likeness (QED) is 0.873. The molecule has 92 valence electrons. The van der Waals surface area contributed by atoms with E-state index in [9.17, 15) is 4.79 Å². The molecule has 1 amide bonds. The maximum absolute atomic E-state index is 12.0. The van der Waals surface area contributed by atoms with Crippen LogP contribution in [0.5, 0.6) is 0 Å². The van der Waals surface area contributed by atoms with E-state index in [2.05, 4.69) is 10.3 Å². The van der Waals surface area contributed by atoms with Crippen molar-refractivity contribution in [1.29, 1.82) is 0 Å². The number of rotatable bonds is 2. The highest BCUT2D eigenvalue weighted by Gasteiger charge is 2.10. The number of amides is 1. The number of aryl methyl sites for hydroxylation is 1. The Morgan fingerprint density at radius 2 is 2.17 bits per heavy atom. The molecule has 0 atom stereocenters. The Bertz CT molecular complexity index is 599. The van der Waals surface area contributed by atoms with Gasteiger partial charge in [0, 0.05) is 28.8 Å². The second-order valence-electron chi connectivity index (χ2n) is 3.88. The van der Waals surface area contributed by atoms with Gasteiger partial charge < -0.3 is 11.1 Å². The lowest BCUT2D eigenvalue weighted by atomic mass is 10.2. The Labute approximate surface area is 110 Å². The van der Waals surface area contributed by atoms with E-state index in [0.29, 0.717) is 22.0 Å². The zero-order chi connectivity index (χ0) is 13.1. The summed E-state index contributed by atoms with van der Waals surface area (Å²) >= 11 is 5.99. The van der Waals surface area contributed by atoms with Crippen molar-refractivity contribution in [1.82, 2.24) is 4.98 Å². The van der Waals surface area contributed by atoms with Crippen LogP contribution in [0.3, 0.4) is 0 Å². The van der Waals surface area contributed by atoms with Crippen LogP contribution in [0.2, 0.25) is 5.02 Å². The molecule has 0 aliphatic heterocycles. The Morgan fingerprint density at radius 1 is 1.39 bits per heavy atom. The summed E-state index contributed by atoms with van der Waals surface area (Å²) in [5.41, 5.74) is 8.01. The minimum atomic E-state index is -0.305. The Hall–Kier alpha value is -2.07. The molecule has 0 spiro atoms. The summed E-state index contributed by atoms with van der Waals surface area (Å²) in [6.07, 6.45) is 2.97. The third kappa shape index (κ3) is 2.60. The smallest absolute Gasteiger partial charge is 0.259 e. The molecular formula is C13H12ClN3O. The molecule has 18 heavy (non-hydrogen) atoms. The number of aromatic nitrogens is 1. The van der Waals surface area contributed by atoms with E-state index >= 15 is 0 Å². The fourth-order valence-electron chi connectivity index (χ4n) is 1.46. The molecule has 2 rings (SSSR count). The number of anilines is 2. The number of nitrogens with zero attached hydrogens (tertiary/aromatic N) is 1. The number of nitrogens with two attached hydrogens (primary N) is 1. The highest BCUT2D eigenvalue weighted by Crippen LogP contribution is 2.21. The first-order chi connectivity index (χ1) is 8.58. The van der Waals surface area contributed by atoms with E-state index in [1.807, 2.05) is 13.0 Å². The van der Waals surface area contributed by atoms with Gasteiger partial charge in [0.1, 0.15) is 0 Å². The standard InChI is InChI=1S/C13H12ClN3O/c1-8-2-3-9(6-11(8)14)17-13(18)10-7-16-5-4-12(10)15/h2-7H,1H3,(H2,15,16)(H,17,18). The van der Waals surface area contributed by atoms with E-state index in [-0.39, 0.29) is 5.91 Å². The van der Waals surface area contributed by atoms with E-state index in [4.69, 9.17) is 17.3 Å². The van der Waals surface area contributed by atoms with Crippen LogP contribution in [0.1, 0.15) is 15.9 Å². The summed E-state index contributed by atoms with van der Waals surface area (Å²) in [6.45, 7) is 1.90. The number of hydrogen-bond acceptors (Lipinski definition) is 3. The highest BCUT2D eigenvalue weighted by atomic mass is 35.5. The van der Waals surface area contributed by atoms with Crippen LogP contribution in [0, 0.1) is 6.92 Å². The Kier molecular flexibility index (Phi) is 3.48. The van der Waals surface area contributed by atoms with Crippen LogP contribution in [-0.2, 0) is 0 Å². The fourth-order valence-corrected chi connectivity index (χ4v) is 1.64. The molecule has 0 bridgehead atoms. The Balaban J connectivity index is 2.22. The summed E-state index contributed by atoms with van der Waals surface area (Å²) in [4.78, 5) is 15.8. The van der Waals surface area contributed by atoms with Gasteiger partial charge in [-0.3, -0.25) is 9.78 Å². The largest absolute Gasteiger partial charge is 0.398 e. The van der Waals surface area contributed by atoms with Crippen LogP contribution in [0.15, 0.2) is 36.7 Å². The molecular weight excluding hydrogens is 250 g/mol. The summed E-state index contributed by atoms with van der Waals surface area (Å²) < 4.78 is 0. The molecule has 3 N–H and O–H groups in total. The molecule has 0 aliphatic carbocycles. The molecule has 0 radical (unpaired) electrons. The summed E-state index contributed by atoms with van der Waals surface area (Å²) in [5, 5.41) is 3.33. The number of pyridine rings is 1. The topological polar surface area (TPSA) is 68.0 Å². The van der Waals surface area contributed by atoms with Gasteiger partial charge in [-0.2, -0.15) is 0 Å². The van der Waals surface area contributed by atoms with Crippen molar-refractivity contribution in [3.05, 3.63) is 52.8 Å². The van der Waals surface area contributed by atoms with Gasteiger partial charge >= 0.3 is 0 Å². The van der Waals surface area contributed by atoms with Gasteiger partial charge in [-0.25, -0.2) is 0 Å². The number of benzene rings is 1. The SMILES string of the molecule is Cc1ccc(NC(=O)c2cnccc2N)cc1Cl. The van der Waals surface area contributed by atoms with E-state index < -0.39 is 0 Å². The molecule has 2 aromatic rings. The maximum Gasteiger partial charge on any atom is 0.259 e. The van der Waals surface area contributed by atoms with E-state index in [1.54, 1.807) is 18.2 Å². The summed E-state index contributed by atoms with van der Waals surface area (Å²) in [5.74, 6) is -0.305. The fraction of sp³-hybridized carbons (Fsp3) is 0.0769.